The molecule has 0 N–H and O–H groups in total. The summed E-state index contributed by atoms with van der Waals surface area (Å²) in [5.74, 6) is 0. The van der Waals surface area contributed by atoms with Gasteiger partial charge in [-0.15, -0.1) is 0 Å². The minimum atomic E-state index is -2.57. The predicted molar refractivity (Wildman–Crippen MR) is 64.2 cm³/mol. The van der Waals surface area contributed by atoms with E-state index >= 15 is 0 Å². The molecule has 0 aliphatic rings. The van der Waals surface area contributed by atoms with Crippen molar-refractivity contribution in [2.75, 3.05) is 21.3 Å². The average Bonchev–Trinajstić information content (AvgIpc) is 2.29. The molecular formula is C9H13BrNO3P. The zero-order valence-electron chi connectivity index (χ0n) is 8.81. The van der Waals surface area contributed by atoms with E-state index in [2.05, 4.69) is 20.7 Å². The Morgan fingerprint density at radius 1 is 1.00 bits per heavy atom. The van der Waals surface area contributed by atoms with Crippen LogP contribution in [-0.4, -0.2) is 21.3 Å². The highest BCUT2D eigenvalue weighted by molar-refractivity contribution is 9.10. The highest BCUT2D eigenvalue weighted by atomic mass is 79.9. The number of rotatable bonds is 4. The van der Waals surface area contributed by atoms with Gasteiger partial charge < -0.3 is 13.6 Å². The summed E-state index contributed by atoms with van der Waals surface area (Å²) in [5.41, 5.74) is 0.761. The van der Waals surface area contributed by atoms with E-state index in [1.807, 2.05) is 24.3 Å². The van der Waals surface area contributed by atoms with Crippen molar-refractivity contribution in [1.29, 1.82) is 0 Å². The Bertz CT molecular complexity index is 347. The molecule has 6 heteroatoms. The second-order valence-electron chi connectivity index (χ2n) is 2.59. The first-order valence-corrected chi connectivity index (χ1v) is 6.49. The fraction of sp³-hybridized carbons (Fsp3) is 0.333. The lowest BCUT2D eigenvalue weighted by molar-refractivity contribution is 0.224. The van der Waals surface area contributed by atoms with Crippen LogP contribution in [0.15, 0.2) is 33.5 Å². The van der Waals surface area contributed by atoms with Crippen molar-refractivity contribution in [3.05, 3.63) is 28.7 Å². The molecule has 0 amide bonds. The second-order valence-corrected chi connectivity index (χ2v) is 5.74. The van der Waals surface area contributed by atoms with Gasteiger partial charge >= 0.3 is 7.74 Å². The smallest absolute Gasteiger partial charge is 0.306 e. The first-order chi connectivity index (χ1) is 7.15. The molecule has 0 atom stereocenters. The van der Waals surface area contributed by atoms with E-state index in [1.165, 1.54) is 21.3 Å². The van der Waals surface area contributed by atoms with E-state index in [4.69, 9.17) is 13.6 Å². The molecule has 0 aromatic heterocycles. The zero-order valence-corrected chi connectivity index (χ0v) is 11.3. The van der Waals surface area contributed by atoms with Gasteiger partial charge in [0, 0.05) is 25.8 Å². The third kappa shape index (κ3) is 3.40. The van der Waals surface area contributed by atoms with Crippen LogP contribution in [0.5, 0.6) is 0 Å². The molecular weight excluding hydrogens is 281 g/mol. The van der Waals surface area contributed by atoms with E-state index < -0.39 is 7.74 Å². The lowest BCUT2D eigenvalue weighted by Crippen LogP contribution is -1.90. The number of halogens is 1. The quantitative estimate of drug-likeness (QED) is 0.789. The Labute approximate surface area is 98.0 Å². The Hall–Kier alpha value is -0.190. The summed E-state index contributed by atoms with van der Waals surface area (Å²) >= 11 is 3.35. The van der Waals surface area contributed by atoms with E-state index in [-0.39, 0.29) is 0 Å². The van der Waals surface area contributed by atoms with Crippen LogP contribution in [0.2, 0.25) is 0 Å². The van der Waals surface area contributed by atoms with Gasteiger partial charge in [0.25, 0.3) is 0 Å². The summed E-state index contributed by atoms with van der Waals surface area (Å²) in [6, 6.07) is 7.51. The maximum Gasteiger partial charge on any atom is 0.359 e. The van der Waals surface area contributed by atoms with Crippen molar-refractivity contribution >= 4 is 29.4 Å². The van der Waals surface area contributed by atoms with Crippen molar-refractivity contribution in [3.8, 4) is 0 Å². The molecule has 0 aliphatic heterocycles. The molecule has 1 aromatic rings. The van der Waals surface area contributed by atoms with Gasteiger partial charge in [-0.3, -0.25) is 0 Å². The number of hydrogen-bond acceptors (Lipinski definition) is 4. The second kappa shape index (κ2) is 5.77. The lowest BCUT2D eigenvalue weighted by atomic mass is 10.3. The van der Waals surface area contributed by atoms with Gasteiger partial charge in [-0.05, 0) is 24.3 Å². The standard InChI is InChI=1S/C9H13BrNO3P/c1-12-15(13-2,14-3)11-9-6-4-8(10)5-7-9/h4-7H,1-3H3. The lowest BCUT2D eigenvalue weighted by Gasteiger charge is -2.16. The van der Waals surface area contributed by atoms with E-state index in [1.54, 1.807) is 0 Å². The van der Waals surface area contributed by atoms with E-state index in [9.17, 15) is 0 Å². The van der Waals surface area contributed by atoms with Crippen molar-refractivity contribution < 1.29 is 13.6 Å². The van der Waals surface area contributed by atoms with E-state index in [0.29, 0.717) is 0 Å². The molecule has 1 aromatic carbocycles. The summed E-state index contributed by atoms with van der Waals surface area (Å²) in [7, 11) is 1.98. The third-order valence-corrected chi connectivity index (χ3v) is 4.15. The number of hydrogen-bond donors (Lipinski definition) is 0. The maximum atomic E-state index is 5.16. The van der Waals surface area contributed by atoms with Crippen molar-refractivity contribution in [2.24, 2.45) is 4.74 Å². The van der Waals surface area contributed by atoms with Gasteiger partial charge in [-0.1, -0.05) is 15.9 Å². The van der Waals surface area contributed by atoms with Gasteiger partial charge in [-0.25, -0.2) is 0 Å². The molecule has 0 unspecified atom stereocenters. The van der Waals surface area contributed by atoms with Crippen LogP contribution in [0.25, 0.3) is 0 Å². The highest BCUT2D eigenvalue weighted by Crippen LogP contribution is 2.53. The summed E-state index contributed by atoms with van der Waals surface area (Å²) in [4.78, 5) is 0. The maximum absolute atomic E-state index is 5.16. The Kier molecular flexibility index (Phi) is 4.96. The Morgan fingerprint density at radius 2 is 1.47 bits per heavy atom. The SMILES string of the molecule is COP(=Nc1ccc(Br)cc1)(OC)OC. The Morgan fingerprint density at radius 3 is 1.87 bits per heavy atom. The van der Waals surface area contributed by atoms with Crippen LogP contribution in [0, 0.1) is 0 Å². The predicted octanol–water partition coefficient (Wildman–Crippen LogP) is 3.97. The minimum absolute atomic E-state index is 0.761. The van der Waals surface area contributed by atoms with Gasteiger partial charge in [0.1, 0.15) is 0 Å². The fourth-order valence-corrected chi connectivity index (χ4v) is 2.37. The summed E-state index contributed by atoms with van der Waals surface area (Å²) in [5, 5.41) is 0. The molecule has 0 spiro atoms. The van der Waals surface area contributed by atoms with Crippen LogP contribution in [0.1, 0.15) is 0 Å². The number of benzene rings is 1. The first-order valence-electron chi connectivity index (χ1n) is 4.21. The Balaban J connectivity index is 3.07. The van der Waals surface area contributed by atoms with Crippen molar-refractivity contribution in [3.63, 3.8) is 0 Å². The summed E-state index contributed by atoms with van der Waals surface area (Å²) in [6.07, 6.45) is 0. The summed E-state index contributed by atoms with van der Waals surface area (Å²) < 4.78 is 20.8. The topological polar surface area (TPSA) is 40.0 Å². The molecule has 0 bridgehead atoms. The average molecular weight is 294 g/mol. The van der Waals surface area contributed by atoms with E-state index in [0.717, 1.165) is 10.2 Å². The molecule has 0 aliphatic carbocycles. The van der Waals surface area contributed by atoms with Crippen molar-refractivity contribution in [1.82, 2.24) is 0 Å². The van der Waals surface area contributed by atoms with Crippen LogP contribution in [0.3, 0.4) is 0 Å². The molecule has 0 heterocycles. The first kappa shape index (κ1) is 12.9. The van der Waals surface area contributed by atoms with Gasteiger partial charge in [-0.2, -0.15) is 4.74 Å². The monoisotopic (exact) mass is 293 g/mol. The highest BCUT2D eigenvalue weighted by Gasteiger charge is 2.17. The number of nitrogens with zero attached hydrogens (tertiary/aromatic N) is 1. The van der Waals surface area contributed by atoms with Crippen LogP contribution >= 0.6 is 23.7 Å². The molecule has 15 heavy (non-hydrogen) atoms. The largest absolute Gasteiger partial charge is 0.359 e. The van der Waals surface area contributed by atoms with Crippen LogP contribution in [0.4, 0.5) is 5.69 Å². The molecule has 0 fully saturated rings. The molecule has 0 radical (unpaired) electrons. The van der Waals surface area contributed by atoms with Gasteiger partial charge in [0.05, 0.1) is 5.69 Å². The molecule has 0 saturated heterocycles. The normalized spacial score (nSPS) is 11.5. The van der Waals surface area contributed by atoms with Gasteiger partial charge in [0.2, 0.25) is 0 Å². The molecule has 0 saturated carbocycles. The summed E-state index contributed by atoms with van der Waals surface area (Å²) in [6.45, 7) is 0. The minimum Gasteiger partial charge on any atom is -0.306 e. The zero-order chi connectivity index (χ0) is 11.3. The third-order valence-electron chi connectivity index (χ3n) is 1.76. The van der Waals surface area contributed by atoms with Gasteiger partial charge in [0.15, 0.2) is 0 Å². The molecule has 84 valence electrons. The van der Waals surface area contributed by atoms with Crippen LogP contribution in [-0.2, 0) is 13.6 Å². The van der Waals surface area contributed by atoms with Crippen molar-refractivity contribution in [2.45, 2.75) is 0 Å². The van der Waals surface area contributed by atoms with Crippen LogP contribution < -0.4 is 0 Å². The fourth-order valence-electron chi connectivity index (χ4n) is 0.995. The molecule has 4 nitrogen and oxygen atoms in total. The molecule has 1 rings (SSSR count).